The van der Waals surface area contributed by atoms with E-state index in [1.807, 2.05) is 0 Å². The Morgan fingerprint density at radius 3 is 1.35 bits per heavy atom. The fraction of sp³-hybridized carbons (Fsp3) is 0.800. The molecule has 2 unspecified atom stereocenters. The molecule has 8 nitrogen and oxygen atoms in total. The summed E-state index contributed by atoms with van der Waals surface area (Å²) in [6.07, 6.45) is -3.47. The number of ether oxygens (including phenoxy) is 4. The topological polar surface area (TPSA) is 112 Å². The number of hydrogen-bond acceptors (Lipinski definition) is 8. The molecule has 10 heteroatoms. The van der Waals surface area contributed by atoms with Crippen LogP contribution in [0.5, 0.6) is 0 Å². The molecule has 0 aromatic rings. The molecular weight excluding hydrogens is 426 g/mol. The predicted molar refractivity (Wildman–Crippen MR) is 58.0 cm³/mol. The monoisotopic (exact) mass is 444 g/mol. The van der Waals surface area contributed by atoms with Gasteiger partial charge in [0.05, 0.1) is 12.2 Å². The molecule has 2 N–H and O–H groups in total. The molecule has 0 heterocycles. The average molecular weight is 444 g/mol. The van der Waals surface area contributed by atoms with Crippen molar-refractivity contribution in [2.75, 3.05) is 26.4 Å². The molecule has 2 atom stereocenters. The van der Waals surface area contributed by atoms with Crippen molar-refractivity contribution in [1.82, 2.24) is 0 Å². The van der Waals surface area contributed by atoms with E-state index in [0.29, 0.717) is 0 Å². The molecule has 0 fully saturated rings. The van der Waals surface area contributed by atoms with Crippen LogP contribution in [0.2, 0.25) is 0 Å². The first-order chi connectivity index (χ1) is 8.41. The summed E-state index contributed by atoms with van der Waals surface area (Å²) in [7, 11) is 0. The van der Waals surface area contributed by atoms with Gasteiger partial charge in [-0.3, -0.25) is 0 Å². The Kier molecular flexibility index (Phi) is 20.5. The molecule has 112 valence electrons. The van der Waals surface area contributed by atoms with Gasteiger partial charge in [0.1, 0.15) is 26.4 Å². The maximum absolute atomic E-state index is 10.8. The molecule has 0 rings (SSSR count). The van der Waals surface area contributed by atoms with Gasteiger partial charge in [-0.15, -0.1) is 0 Å². The normalized spacial score (nSPS) is 12.0. The second kappa shape index (κ2) is 16.0. The Balaban J connectivity index is -0.00000144. The summed E-state index contributed by atoms with van der Waals surface area (Å²) in [6, 6.07) is 0. The van der Waals surface area contributed by atoms with Crippen LogP contribution >= 0.6 is 0 Å². The van der Waals surface area contributed by atoms with Crippen molar-refractivity contribution in [2.45, 2.75) is 26.1 Å². The van der Waals surface area contributed by atoms with Gasteiger partial charge in [0.15, 0.2) is 0 Å². The quantitative estimate of drug-likeness (QED) is 0.419. The van der Waals surface area contributed by atoms with Crippen molar-refractivity contribution >= 4 is 12.3 Å². The summed E-state index contributed by atoms with van der Waals surface area (Å²) < 4.78 is 18.0. The van der Waals surface area contributed by atoms with E-state index >= 15 is 0 Å². The number of carbonyl (C=O) groups excluding carboxylic acids is 2. The van der Waals surface area contributed by atoms with Gasteiger partial charge in [-0.1, -0.05) is 0 Å². The Labute approximate surface area is 167 Å². The van der Waals surface area contributed by atoms with Gasteiger partial charge in [0, 0.05) is 65.4 Å². The molecule has 0 aliphatic rings. The van der Waals surface area contributed by atoms with E-state index in [2.05, 4.69) is 18.9 Å². The standard InChI is InChI=1S/C10H18O8.2Y/c1-7(11)5-17-9(13)15-3-4-16-10(14)18-6-8(2)12;;/h7-8,11-12H,3-6H2,1-2H3;;. The summed E-state index contributed by atoms with van der Waals surface area (Å²) in [6.45, 7) is 2.18. The van der Waals surface area contributed by atoms with Crippen LogP contribution in [0, 0.1) is 0 Å². The zero-order valence-electron chi connectivity index (χ0n) is 11.5. The summed E-state index contributed by atoms with van der Waals surface area (Å²) in [5.41, 5.74) is 0. The number of hydrogen-bond donors (Lipinski definition) is 2. The van der Waals surface area contributed by atoms with E-state index in [0.717, 1.165) is 0 Å². The fourth-order valence-electron chi connectivity index (χ4n) is 0.711. The summed E-state index contributed by atoms with van der Waals surface area (Å²) >= 11 is 0. The van der Waals surface area contributed by atoms with E-state index in [4.69, 9.17) is 10.2 Å². The van der Waals surface area contributed by atoms with Crippen LogP contribution in [0.15, 0.2) is 0 Å². The first-order valence-electron chi connectivity index (χ1n) is 5.37. The van der Waals surface area contributed by atoms with Crippen molar-refractivity contribution in [3.63, 3.8) is 0 Å². The molecular formula is C10H18O8Y2. The Morgan fingerprint density at radius 2 is 1.10 bits per heavy atom. The fourth-order valence-corrected chi connectivity index (χ4v) is 0.711. The van der Waals surface area contributed by atoms with Gasteiger partial charge in [-0.05, 0) is 13.8 Å². The molecule has 0 spiro atoms. The van der Waals surface area contributed by atoms with Crippen molar-refractivity contribution in [2.24, 2.45) is 0 Å². The molecule has 0 saturated carbocycles. The smallest absolute Gasteiger partial charge is 0.432 e. The Hall–Kier alpha value is 0.668. The maximum Gasteiger partial charge on any atom is 0.508 e. The molecule has 20 heavy (non-hydrogen) atoms. The van der Waals surface area contributed by atoms with Crippen LogP contribution in [-0.4, -0.2) is 61.2 Å². The SMILES string of the molecule is CC(O)COC(=O)OCCOC(=O)OCC(C)O.[Y].[Y]. The second-order valence-corrected chi connectivity index (χ2v) is 3.52. The number of aliphatic hydroxyl groups is 2. The second-order valence-electron chi connectivity index (χ2n) is 3.52. The van der Waals surface area contributed by atoms with Crippen molar-refractivity contribution in [1.29, 1.82) is 0 Å². The number of rotatable bonds is 7. The van der Waals surface area contributed by atoms with Crippen LogP contribution in [0.1, 0.15) is 13.8 Å². The summed E-state index contributed by atoms with van der Waals surface area (Å²) in [5.74, 6) is 0. The molecule has 0 saturated heterocycles. The molecule has 0 aliphatic heterocycles. The van der Waals surface area contributed by atoms with Gasteiger partial charge in [0.25, 0.3) is 0 Å². The van der Waals surface area contributed by atoms with Gasteiger partial charge in [0.2, 0.25) is 0 Å². The molecule has 2 radical (unpaired) electrons. The van der Waals surface area contributed by atoms with E-state index in [1.54, 1.807) is 0 Å². The van der Waals surface area contributed by atoms with Crippen LogP contribution in [0.25, 0.3) is 0 Å². The molecule has 0 aromatic carbocycles. The van der Waals surface area contributed by atoms with E-state index in [1.165, 1.54) is 13.8 Å². The minimum atomic E-state index is -0.961. The van der Waals surface area contributed by atoms with Crippen LogP contribution in [0.4, 0.5) is 9.59 Å². The average Bonchev–Trinajstić information content (AvgIpc) is 2.29. The number of carbonyl (C=O) groups is 2. The van der Waals surface area contributed by atoms with Crippen molar-refractivity contribution in [3.8, 4) is 0 Å². The molecule has 0 bridgehead atoms. The van der Waals surface area contributed by atoms with E-state index in [-0.39, 0.29) is 91.8 Å². The predicted octanol–water partition coefficient (Wildman–Crippen LogP) is 0.0494. The molecule has 0 aliphatic carbocycles. The van der Waals surface area contributed by atoms with Gasteiger partial charge >= 0.3 is 12.3 Å². The third-order valence-corrected chi connectivity index (χ3v) is 1.41. The molecule has 0 amide bonds. The number of aliphatic hydroxyl groups excluding tert-OH is 2. The summed E-state index contributed by atoms with van der Waals surface area (Å²) in [5, 5.41) is 17.6. The minimum absolute atomic E-state index is 0. The van der Waals surface area contributed by atoms with Gasteiger partial charge in [-0.2, -0.15) is 0 Å². The molecule has 0 aromatic heterocycles. The first-order valence-corrected chi connectivity index (χ1v) is 5.37. The third kappa shape index (κ3) is 18.7. The van der Waals surface area contributed by atoms with Crippen LogP contribution in [0.3, 0.4) is 0 Å². The first kappa shape index (κ1) is 25.6. The summed E-state index contributed by atoms with van der Waals surface area (Å²) in [4.78, 5) is 21.7. The minimum Gasteiger partial charge on any atom is -0.432 e. The zero-order chi connectivity index (χ0) is 14.0. The van der Waals surface area contributed by atoms with Crippen LogP contribution < -0.4 is 0 Å². The third-order valence-electron chi connectivity index (χ3n) is 1.41. The maximum atomic E-state index is 10.8. The Morgan fingerprint density at radius 1 is 0.800 bits per heavy atom. The van der Waals surface area contributed by atoms with Gasteiger partial charge < -0.3 is 29.2 Å². The van der Waals surface area contributed by atoms with Crippen molar-refractivity contribution < 1.29 is 104 Å². The van der Waals surface area contributed by atoms with Crippen LogP contribution in [-0.2, 0) is 84.4 Å². The van der Waals surface area contributed by atoms with Crippen molar-refractivity contribution in [3.05, 3.63) is 0 Å². The zero-order valence-corrected chi connectivity index (χ0v) is 17.2. The van der Waals surface area contributed by atoms with Gasteiger partial charge in [-0.25, -0.2) is 9.59 Å². The van der Waals surface area contributed by atoms with E-state index < -0.39 is 24.5 Å². The Bertz CT molecular complexity index is 234. The largest absolute Gasteiger partial charge is 0.508 e. The van der Waals surface area contributed by atoms with E-state index in [9.17, 15) is 9.59 Å².